The number of allylic oxidation sites excluding steroid dienone is 1. The molecule has 66 valence electrons. The van der Waals surface area contributed by atoms with Gasteiger partial charge in [0.1, 0.15) is 0 Å². The first-order valence-corrected chi connectivity index (χ1v) is 3.84. The molecule has 11 heavy (non-hydrogen) atoms. The smallest absolute Gasteiger partial charge is 0.253 e. The molecule has 0 aliphatic rings. The zero-order chi connectivity index (χ0) is 8.69. The third kappa shape index (κ3) is 4.90. The van der Waals surface area contributed by atoms with Gasteiger partial charge in [-0.2, -0.15) is 0 Å². The molecule has 0 radical (unpaired) electrons. The van der Waals surface area contributed by atoms with Crippen molar-refractivity contribution in [2.24, 2.45) is 0 Å². The van der Waals surface area contributed by atoms with Gasteiger partial charge in [0.2, 0.25) is 0 Å². The molecule has 1 N–H and O–H groups in total. The first-order valence-electron chi connectivity index (χ1n) is 3.84. The van der Waals surface area contributed by atoms with E-state index in [2.05, 4.69) is 11.9 Å². The second kappa shape index (κ2) is 6.28. The SMILES string of the molecule is C=CCCC(NCC)C(F)F. The second-order valence-corrected chi connectivity index (χ2v) is 2.36. The summed E-state index contributed by atoms with van der Waals surface area (Å²) in [4.78, 5) is 0. The maximum atomic E-state index is 12.1. The van der Waals surface area contributed by atoms with Gasteiger partial charge in [-0.3, -0.25) is 0 Å². The van der Waals surface area contributed by atoms with E-state index >= 15 is 0 Å². The highest BCUT2D eigenvalue weighted by Crippen LogP contribution is 2.07. The molecule has 0 aromatic carbocycles. The minimum Gasteiger partial charge on any atom is -0.309 e. The summed E-state index contributed by atoms with van der Waals surface area (Å²) < 4.78 is 24.2. The molecule has 1 nitrogen and oxygen atoms in total. The average molecular weight is 163 g/mol. The summed E-state index contributed by atoms with van der Waals surface area (Å²) in [6.07, 6.45) is 0.499. The molecule has 0 aliphatic heterocycles. The molecule has 0 aliphatic carbocycles. The van der Waals surface area contributed by atoms with Crippen LogP contribution in [0.25, 0.3) is 0 Å². The third-order valence-corrected chi connectivity index (χ3v) is 1.45. The minimum absolute atomic E-state index is 0.467. The topological polar surface area (TPSA) is 12.0 Å². The van der Waals surface area contributed by atoms with E-state index in [1.807, 2.05) is 6.92 Å². The van der Waals surface area contributed by atoms with Crippen LogP contribution in [0.3, 0.4) is 0 Å². The largest absolute Gasteiger partial charge is 0.309 e. The molecule has 0 spiro atoms. The summed E-state index contributed by atoms with van der Waals surface area (Å²) in [7, 11) is 0. The maximum absolute atomic E-state index is 12.1. The second-order valence-electron chi connectivity index (χ2n) is 2.36. The van der Waals surface area contributed by atoms with Gasteiger partial charge < -0.3 is 5.32 Å². The van der Waals surface area contributed by atoms with Crippen LogP contribution in [0.5, 0.6) is 0 Å². The Bertz CT molecular complexity index is 104. The molecule has 3 heteroatoms. The maximum Gasteiger partial charge on any atom is 0.253 e. The van der Waals surface area contributed by atoms with Gasteiger partial charge in [0, 0.05) is 0 Å². The normalized spacial score (nSPS) is 13.5. The van der Waals surface area contributed by atoms with E-state index in [1.54, 1.807) is 6.08 Å². The van der Waals surface area contributed by atoms with Crippen LogP contribution >= 0.6 is 0 Å². The molecule has 0 heterocycles. The van der Waals surface area contributed by atoms with E-state index < -0.39 is 12.5 Å². The average Bonchev–Trinajstić information content (AvgIpc) is 1.97. The zero-order valence-corrected chi connectivity index (χ0v) is 6.82. The molecular formula is C8H15F2N. The predicted molar refractivity (Wildman–Crippen MR) is 42.9 cm³/mol. The molecule has 0 saturated carbocycles. The van der Waals surface area contributed by atoms with Gasteiger partial charge in [0.25, 0.3) is 6.43 Å². The van der Waals surface area contributed by atoms with Crippen LogP contribution in [0, 0.1) is 0 Å². The Morgan fingerprint density at radius 3 is 2.55 bits per heavy atom. The lowest BCUT2D eigenvalue weighted by Crippen LogP contribution is -2.35. The van der Waals surface area contributed by atoms with Crippen LogP contribution in [0.1, 0.15) is 19.8 Å². The van der Waals surface area contributed by atoms with E-state index in [0.29, 0.717) is 19.4 Å². The van der Waals surface area contributed by atoms with Crippen LogP contribution in [0.4, 0.5) is 8.78 Å². The standard InChI is InChI=1S/C8H15F2N/c1-3-5-6-7(8(9)10)11-4-2/h3,7-8,11H,1,4-6H2,2H3. The summed E-state index contributed by atoms with van der Waals surface area (Å²) in [5, 5.41) is 2.72. The van der Waals surface area contributed by atoms with E-state index in [9.17, 15) is 8.78 Å². The molecule has 0 saturated heterocycles. The Kier molecular flexibility index (Phi) is 6.03. The van der Waals surface area contributed by atoms with Gasteiger partial charge in [-0.05, 0) is 19.4 Å². The van der Waals surface area contributed by atoms with Gasteiger partial charge in [-0.25, -0.2) is 8.78 Å². The lowest BCUT2D eigenvalue weighted by molar-refractivity contribution is 0.0954. The van der Waals surface area contributed by atoms with Crippen molar-refractivity contribution in [3.63, 3.8) is 0 Å². The fourth-order valence-corrected chi connectivity index (χ4v) is 0.877. The number of hydrogen-bond acceptors (Lipinski definition) is 1. The van der Waals surface area contributed by atoms with Crippen molar-refractivity contribution in [1.29, 1.82) is 0 Å². The van der Waals surface area contributed by atoms with E-state index in [-0.39, 0.29) is 0 Å². The summed E-state index contributed by atoms with van der Waals surface area (Å²) in [5.74, 6) is 0. The molecule has 0 rings (SSSR count). The Morgan fingerprint density at radius 2 is 2.18 bits per heavy atom. The highest BCUT2D eigenvalue weighted by molar-refractivity contribution is 4.74. The van der Waals surface area contributed by atoms with Crippen molar-refractivity contribution in [2.45, 2.75) is 32.2 Å². The van der Waals surface area contributed by atoms with Crippen LogP contribution in [-0.2, 0) is 0 Å². The lowest BCUT2D eigenvalue weighted by atomic mass is 10.1. The predicted octanol–water partition coefficient (Wildman–Crippen LogP) is 2.20. The summed E-state index contributed by atoms with van der Waals surface area (Å²) in [5.41, 5.74) is 0. The number of nitrogens with one attached hydrogen (secondary N) is 1. The fourth-order valence-electron chi connectivity index (χ4n) is 0.877. The van der Waals surface area contributed by atoms with Crippen molar-refractivity contribution in [1.82, 2.24) is 5.32 Å². The van der Waals surface area contributed by atoms with E-state index in [4.69, 9.17) is 0 Å². The number of alkyl halides is 2. The van der Waals surface area contributed by atoms with Gasteiger partial charge >= 0.3 is 0 Å². The number of halogens is 2. The molecule has 1 atom stereocenters. The summed E-state index contributed by atoms with van der Waals surface area (Å²) in [6.45, 7) is 5.89. The fraction of sp³-hybridized carbons (Fsp3) is 0.750. The van der Waals surface area contributed by atoms with Crippen molar-refractivity contribution >= 4 is 0 Å². The number of hydrogen-bond donors (Lipinski definition) is 1. The first kappa shape index (κ1) is 10.6. The molecule has 0 aromatic rings. The molecule has 0 bridgehead atoms. The lowest BCUT2D eigenvalue weighted by Gasteiger charge is -2.15. The van der Waals surface area contributed by atoms with Crippen molar-refractivity contribution in [2.75, 3.05) is 6.54 Å². The molecule has 0 aromatic heterocycles. The van der Waals surface area contributed by atoms with E-state index in [1.165, 1.54) is 0 Å². The Morgan fingerprint density at radius 1 is 1.55 bits per heavy atom. The monoisotopic (exact) mass is 163 g/mol. The highest BCUT2D eigenvalue weighted by atomic mass is 19.3. The Balaban J connectivity index is 3.59. The molecular weight excluding hydrogens is 148 g/mol. The first-order chi connectivity index (χ1) is 5.22. The molecule has 0 fully saturated rings. The van der Waals surface area contributed by atoms with Gasteiger partial charge in [-0.1, -0.05) is 13.0 Å². The van der Waals surface area contributed by atoms with Crippen molar-refractivity contribution in [3.05, 3.63) is 12.7 Å². The highest BCUT2D eigenvalue weighted by Gasteiger charge is 2.17. The van der Waals surface area contributed by atoms with Crippen LogP contribution in [-0.4, -0.2) is 19.0 Å². The Hall–Kier alpha value is -0.440. The summed E-state index contributed by atoms with van der Waals surface area (Å²) in [6, 6.07) is -0.669. The van der Waals surface area contributed by atoms with Gasteiger partial charge in [-0.15, -0.1) is 6.58 Å². The molecule has 1 unspecified atom stereocenters. The third-order valence-electron chi connectivity index (χ3n) is 1.45. The van der Waals surface area contributed by atoms with Crippen molar-refractivity contribution in [3.8, 4) is 0 Å². The van der Waals surface area contributed by atoms with Crippen LogP contribution in [0.2, 0.25) is 0 Å². The van der Waals surface area contributed by atoms with Crippen molar-refractivity contribution < 1.29 is 8.78 Å². The minimum atomic E-state index is -2.27. The van der Waals surface area contributed by atoms with Crippen LogP contribution in [0.15, 0.2) is 12.7 Å². The van der Waals surface area contributed by atoms with E-state index in [0.717, 1.165) is 0 Å². The molecule has 0 amide bonds. The zero-order valence-electron chi connectivity index (χ0n) is 6.82. The number of rotatable bonds is 6. The van der Waals surface area contributed by atoms with Gasteiger partial charge in [0.05, 0.1) is 6.04 Å². The van der Waals surface area contributed by atoms with Gasteiger partial charge in [0.15, 0.2) is 0 Å². The summed E-state index contributed by atoms with van der Waals surface area (Å²) >= 11 is 0. The van der Waals surface area contributed by atoms with Crippen LogP contribution < -0.4 is 5.32 Å². The quantitative estimate of drug-likeness (QED) is 0.592. The Labute approximate surface area is 66.5 Å².